The van der Waals surface area contributed by atoms with E-state index in [9.17, 15) is 0 Å². The number of hydrogen-bond donors (Lipinski definition) is 1. The van der Waals surface area contributed by atoms with Crippen LogP contribution in [-0.4, -0.2) is 4.98 Å². The normalized spacial score (nSPS) is 10.1. The van der Waals surface area contributed by atoms with E-state index in [2.05, 4.69) is 57.4 Å². The minimum Gasteiger partial charge on any atom is -0.354 e. The predicted octanol–water partition coefficient (Wildman–Crippen LogP) is 4.15. The molecule has 0 unspecified atom stereocenters. The summed E-state index contributed by atoms with van der Waals surface area (Å²) >= 11 is 3.40. The van der Waals surface area contributed by atoms with Gasteiger partial charge in [0.1, 0.15) is 0 Å². The molecule has 2 rings (SSSR count). The van der Waals surface area contributed by atoms with E-state index in [-0.39, 0.29) is 0 Å². The minimum atomic E-state index is 0.976. The summed E-state index contributed by atoms with van der Waals surface area (Å²) in [5, 5.41) is 3.33. The van der Waals surface area contributed by atoms with Gasteiger partial charge in [0.15, 0.2) is 0 Å². The van der Waals surface area contributed by atoms with Gasteiger partial charge in [-0.15, -0.1) is 0 Å². The molecule has 0 saturated carbocycles. The molecule has 0 aliphatic rings. The highest BCUT2D eigenvalue weighted by atomic mass is 79.9. The lowest BCUT2D eigenvalue weighted by molar-refractivity contribution is 1.14. The first-order valence-corrected chi connectivity index (χ1v) is 6.04. The lowest BCUT2D eigenvalue weighted by atomic mass is 10.1. The maximum atomic E-state index is 4.11. The molecule has 0 aliphatic heterocycles. The number of benzene rings is 1. The maximum Gasteiger partial charge on any atom is 0.0582 e. The van der Waals surface area contributed by atoms with Crippen molar-refractivity contribution in [3.8, 4) is 0 Å². The van der Waals surface area contributed by atoms with E-state index in [0.717, 1.165) is 22.3 Å². The van der Waals surface area contributed by atoms with Crippen LogP contribution >= 0.6 is 15.9 Å². The molecule has 0 saturated heterocycles. The van der Waals surface area contributed by atoms with Crippen molar-refractivity contribution in [2.24, 2.45) is 0 Å². The summed E-state index contributed by atoms with van der Waals surface area (Å²) in [5.41, 5.74) is 3.41. The maximum absolute atomic E-state index is 4.11. The molecule has 1 aromatic carbocycles. The number of aromatic nitrogens is 1. The number of pyridine rings is 1. The number of hydrogen-bond acceptors (Lipinski definition) is 2. The van der Waals surface area contributed by atoms with Crippen molar-refractivity contribution in [2.45, 2.75) is 13.3 Å². The predicted molar refractivity (Wildman–Crippen MR) is 71.0 cm³/mol. The fraction of sp³-hybridized carbons (Fsp3) is 0.154. The van der Waals surface area contributed by atoms with Gasteiger partial charge in [-0.05, 0) is 46.1 Å². The van der Waals surface area contributed by atoms with Crippen LogP contribution in [0.2, 0.25) is 0 Å². The highest BCUT2D eigenvalue weighted by Gasteiger charge is 1.97. The molecule has 0 atom stereocenters. The third kappa shape index (κ3) is 2.83. The summed E-state index contributed by atoms with van der Waals surface area (Å²) in [6, 6.07) is 10.4. The van der Waals surface area contributed by atoms with Gasteiger partial charge < -0.3 is 5.32 Å². The van der Waals surface area contributed by atoms with Crippen LogP contribution in [0.25, 0.3) is 0 Å². The van der Waals surface area contributed by atoms with Gasteiger partial charge >= 0.3 is 0 Å². The summed E-state index contributed by atoms with van der Waals surface area (Å²) < 4.78 is 0.976. The quantitative estimate of drug-likeness (QED) is 0.911. The molecule has 0 amide bonds. The van der Waals surface area contributed by atoms with E-state index in [1.807, 2.05) is 12.3 Å². The van der Waals surface area contributed by atoms with Gasteiger partial charge in [-0.2, -0.15) is 0 Å². The average Bonchev–Trinajstić information content (AvgIpc) is 2.29. The number of rotatable bonds is 3. The molecule has 0 spiro atoms. The Hall–Kier alpha value is -1.35. The molecule has 0 aliphatic carbocycles. The molecule has 82 valence electrons. The Morgan fingerprint density at radius 2 is 2.06 bits per heavy atom. The minimum absolute atomic E-state index is 0.976. The van der Waals surface area contributed by atoms with Crippen LogP contribution in [0.1, 0.15) is 12.5 Å². The zero-order valence-corrected chi connectivity index (χ0v) is 10.7. The van der Waals surface area contributed by atoms with Crippen molar-refractivity contribution in [1.29, 1.82) is 0 Å². The number of halogens is 1. The van der Waals surface area contributed by atoms with Crippen LogP contribution in [0.5, 0.6) is 0 Å². The number of nitrogens with one attached hydrogen (secondary N) is 1. The molecule has 2 aromatic rings. The molecule has 1 N–H and O–H groups in total. The summed E-state index contributed by atoms with van der Waals surface area (Å²) in [7, 11) is 0. The molecule has 3 heteroatoms. The highest BCUT2D eigenvalue weighted by Crippen LogP contribution is 2.20. The highest BCUT2D eigenvalue weighted by molar-refractivity contribution is 9.10. The van der Waals surface area contributed by atoms with Crippen LogP contribution < -0.4 is 5.32 Å². The van der Waals surface area contributed by atoms with E-state index >= 15 is 0 Å². The van der Waals surface area contributed by atoms with E-state index < -0.39 is 0 Å². The van der Waals surface area contributed by atoms with Gasteiger partial charge in [0.2, 0.25) is 0 Å². The van der Waals surface area contributed by atoms with Crippen LogP contribution in [0, 0.1) is 0 Å². The van der Waals surface area contributed by atoms with Gasteiger partial charge in [-0.1, -0.05) is 19.1 Å². The van der Waals surface area contributed by atoms with Gasteiger partial charge in [0, 0.05) is 16.4 Å². The van der Waals surface area contributed by atoms with E-state index in [1.54, 1.807) is 6.20 Å². The summed E-state index contributed by atoms with van der Waals surface area (Å²) in [4.78, 5) is 4.11. The second-order valence-electron chi connectivity index (χ2n) is 3.57. The van der Waals surface area contributed by atoms with Crippen LogP contribution in [0.4, 0.5) is 11.4 Å². The first kappa shape index (κ1) is 11.1. The van der Waals surface area contributed by atoms with Crippen molar-refractivity contribution >= 4 is 27.3 Å². The Morgan fingerprint density at radius 3 is 2.81 bits per heavy atom. The Balaban J connectivity index is 2.20. The fourth-order valence-electron chi connectivity index (χ4n) is 1.52. The number of aryl methyl sites for hydroxylation is 1. The number of nitrogens with zero attached hydrogens (tertiary/aromatic N) is 1. The van der Waals surface area contributed by atoms with Gasteiger partial charge in [-0.3, -0.25) is 4.98 Å². The van der Waals surface area contributed by atoms with Crippen LogP contribution in [0.15, 0.2) is 47.2 Å². The molecule has 2 nitrogen and oxygen atoms in total. The molecule has 1 aromatic heterocycles. The molecular weight excluding hydrogens is 264 g/mol. The monoisotopic (exact) mass is 276 g/mol. The van der Waals surface area contributed by atoms with E-state index in [0.29, 0.717) is 0 Å². The van der Waals surface area contributed by atoms with Crippen molar-refractivity contribution < 1.29 is 0 Å². The Bertz CT molecular complexity index is 483. The molecule has 0 fully saturated rings. The van der Waals surface area contributed by atoms with Crippen molar-refractivity contribution in [3.05, 3.63) is 52.8 Å². The standard InChI is InChI=1S/C13H13BrN2/c1-2-10-4-3-5-12(6-10)16-13-7-11(14)8-15-9-13/h3-9,16H,2H2,1H3. The smallest absolute Gasteiger partial charge is 0.0582 e. The second-order valence-corrected chi connectivity index (χ2v) is 4.49. The van der Waals surface area contributed by atoms with Crippen molar-refractivity contribution in [1.82, 2.24) is 4.98 Å². The van der Waals surface area contributed by atoms with Crippen LogP contribution in [0.3, 0.4) is 0 Å². The SMILES string of the molecule is CCc1cccc(Nc2cncc(Br)c2)c1. The Labute approximate surface area is 104 Å². The third-order valence-electron chi connectivity index (χ3n) is 2.33. The van der Waals surface area contributed by atoms with Crippen molar-refractivity contribution in [2.75, 3.05) is 5.32 Å². The largest absolute Gasteiger partial charge is 0.354 e. The summed E-state index contributed by atoms with van der Waals surface area (Å²) in [5.74, 6) is 0. The number of anilines is 2. The molecule has 0 bridgehead atoms. The zero-order chi connectivity index (χ0) is 11.4. The molecule has 0 radical (unpaired) electrons. The lowest BCUT2D eigenvalue weighted by Gasteiger charge is -2.07. The van der Waals surface area contributed by atoms with Gasteiger partial charge in [-0.25, -0.2) is 0 Å². The zero-order valence-electron chi connectivity index (χ0n) is 9.07. The topological polar surface area (TPSA) is 24.9 Å². The first-order valence-electron chi connectivity index (χ1n) is 5.24. The van der Waals surface area contributed by atoms with E-state index in [4.69, 9.17) is 0 Å². The molecule has 16 heavy (non-hydrogen) atoms. The molecular formula is C13H13BrN2. The Morgan fingerprint density at radius 1 is 1.19 bits per heavy atom. The molecule has 1 heterocycles. The fourth-order valence-corrected chi connectivity index (χ4v) is 1.88. The van der Waals surface area contributed by atoms with Gasteiger partial charge in [0.05, 0.1) is 11.9 Å². The summed E-state index contributed by atoms with van der Waals surface area (Å²) in [6.07, 6.45) is 4.63. The lowest BCUT2D eigenvalue weighted by Crippen LogP contribution is -1.92. The summed E-state index contributed by atoms with van der Waals surface area (Å²) in [6.45, 7) is 2.15. The van der Waals surface area contributed by atoms with Crippen LogP contribution in [-0.2, 0) is 6.42 Å². The third-order valence-corrected chi connectivity index (χ3v) is 2.76. The second kappa shape index (κ2) is 5.12. The first-order chi connectivity index (χ1) is 7.78. The Kier molecular flexibility index (Phi) is 3.57. The van der Waals surface area contributed by atoms with E-state index in [1.165, 1.54) is 5.56 Å². The van der Waals surface area contributed by atoms with Crippen molar-refractivity contribution in [3.63, 3.8) is 0 Å². The average molecular weight is 277 g/mol. The van der Waals surface area contributed by atoms with Gasteiger partial charge in [0.25, 0.3) is 0 Å².